The zero-order chi connectivity index (χ0) is 30.3. The maximum atomic E-state index is 14.7. The van der Waals surface area contributed by atoms with Crippen molar-refractivity contribution in [3.63, 3.8) is 0 Å². The molecule has 2 aromatic heterocycles. The quantitative estimate of drug-likeness (QED) is 0.167. The Morgan fingerprint density at radius 2 is 1.93 bits per heavy atom. The van der Waals surface area contributed by atoms with Crippen LogP contribution in [0.4, 0.5) is 10.2 Å². The zero-order valence-electron chi connectivity index (χ0n) is 25.9. The standard InChI is InChI=1S/C23H24FN4O9P.2Na.H/c1-23(2)22(31)28(11-36-38(32,33)34)21-18(37-23)5-4-13(26-21)9-15-14(24)10-25-19(27-15)8-12-6-16(29)20(35-3)17(30)7-12;;;/h4-7,10,29-30H,8-9,11H2,1-3H3,(H2,32,33,34);;;/q;2*+1;-1/p-1/i1D3;;;. The molecule has 1 aliphatic heterocycles. The van der Waals surface area contributed by atoms with Crippen molar-refractivity contribution in [1.82, 2.24) is 15.0 Å². The SMILES string of the molecule is [2H]C([2H])([2H])C1(C)Oc2ccc(Cc3nc(Cc4cc(O)c(OC)c(O)c4)ncc3F)nc2N(COP(=O)([O-])O)C1=O.[H-].[Na+].[Na+]. The van der Waals surface area contributed by atoms with Gasteiger partial charge in [0, 0.05) is 22.6 Å². The van der Waals surface area contributed by atoms with Crippen molar-refractivity contribution >= 4 is 19.5 Å². The first-order chi connectivity index (χ1) is 19.0. The Morgan fingerprint density at radius 3 is 2.52 bits per heavy atom. The molecule has 0 radical (unpaired) electrons. The zero-order valence-corrected chi connectivity index (χ0v) is 26.8. The molecule has 0 spiro atoms. The number of methoxy groups -OCH3 is 1. The average molecular weight is 599 g/mol. The summed E-state index contributed by atoms with van der Waals surface area (Å²) < 4.78 is 63.8. The number of rotatable bonds is 8. The molecule has 2 unspecified atom stereocenters. The fourth-order valence-electron chi connectivity index (χ4n) is 3.69. The first-order valence-corrected chi connectivity index (χ1v) is 12.3. The number of hydrogen-bond donors (Lipinski definition) is 3. The van der Waals surface area contributed by atoms with E-state index in [0.717, 1.165) is 13.1 Å². The Hall–Kier alpha value is -1.84. The molecule has 1 aliphatic rings. The Morgan fingerprint density at radius 1 is 1.25 bits per heavy atom. The van der Waals surface area contributed by atoms with Crippen LogP contribution in [0.2, 0.25) is 0 Å². The average Bonchev–Trinajstić information content (AvgIpc) is 2.85. The van der Waals surface area contributed by atoms with Gasteiger partial charge in [0.25, 0.3) is 13.7 Å². The minimum atomic E-state index is -5.33. The number of ether oxygens (including phenoxy) is 2. The molecule has 17 heteroatoms. The fraction of sp³-hybridized carbons (Fsp3) is 0.304. The summed E-state index contributed by atoms with van der Waals surface area (Å²) in [6.07, 6.45) is 0.654. The fourth-order valence-corrected chi connectivity index (χ4v) is 3.95. The van der Waals surface area contributed by atoms with Crippen molar-refractivity contribution in [1.29, 1.82) is 0 Å². The van der Waals surface area contributed by atoms with Crippen molar-refractivity contribution in [2.24, 2.45) is 0 Å². The molecule has 4 rings (SSSR count). The van der Waals surface area contributed by atoms with E-state index < -0.39 is 38.7 Å². The Kier molecular flexibility index (Phi) is 9.95. The Labute approximate surface area is 278 Å². The van der Waals surface area contributed by atoms with Crippen LogP contribution in [-0.4, -0.2) is 55.4 Å². The molecule has 0 saturated heterocycles. The van der Waals surface area contributed by atoms with Crippen LogP contribution < -0.4 is 78.4 Å². The molecule has 0 aliphatic carbocycles. The van der Waals surface area contributed by atoms with Crippen LogP contribution in [0.25, 0.3) is 0 Å². The minimum absolute atomic E-state index is 0. The number of phosphoric acid groups is 1. The van der Waals surface area contributed by atoms with Crippen LogP contribution in [0.5, 0.6) is 23.0 Å². The first-order valence-electron chi connectivity index (χ1n) is 12.3. The number of halogens is 1. The molecule has 3 heterocycles. The smallest absolute Gasteiger partial charge is 1.00 e. The number of amides is 1. The number of carbonyl (C=O) groups excluding carboxylic acids is 1. The van der Waals surface area contributed by atoms with Crippen molar-refractivity contribution in [3.05, 3.63) is 59.1 Å². The predicted molar refractivity (Wildman–Crippen MR) is 127 cm³/mol. The molecule has 0 bridgehead atoms. The number of pyridine rings is 1. The number of nitrogens with zero attached hydrogens (tertiary/aromatic N) is 4. The van der Waals surface area contributed by atoms with Crippen molar-refractivity contribution in [2.45, 2.75) is 32.2 Å². The number of aromatic nitrogens is 3. The predicted octanol–water partition coefficient (Wildman–Crippen LogP) is -4.33. The number of benzene rings is 1. The van der Waals surface area contributed by atoms with E-state index in [1.165, 1.54) is 31.4 Å². The number of hydrogen-bond acceptors (Lipinski definition) is 11. The van der Waals surface area contributed by atoms with Crippen molar-refractivity contribution < 1.29 is 112 Å². The molecule has 13 nitrogen and oxygen atoms in total. The molecule has 1 aromatic carbocycles. The van der Waals surface area contributed by atoms with Gasteiger partial charge in [0.1, 0.15) is 12.6 Å². The van der Waals surface area contributed by atoms with Crippen molar-refractivity contribution in [3.8, 4) is 23.0 Å². The maximum Gasteiger partial charge on any atom is 1.00 e. The second-order valence-corrected chi connectivity index (χ2v) is 9.52. The second-order valence-electron chi connectivity index (χ2n) is 8.32. The summed E-state index contributed by atoms with van der Waals surface area (Å²) in [6.45, 7) is -3.11. The maximum absolute atomic E-state index is 14.7. The molecule has 0 saturated carbocycles. The molecule has 40 heavy (non-hydrogen) atoms. The Bertz CT molecular complexity index is 1550. The van der Waals surface area contributed by atoms with Gasteiger partial charge >= 0.3 is 59.1 Å². The largest absolute Gasteiger partial charge is 1.00 e. The monoisotopic (exact) mass is 599 g/mol. The normalized spacial score (nSPS) is 19.0. The first kappa shape index (κ1) is 29.6. The molecule has 3 aromatic rings. The molecular weight excluding hydrogens is 572 g/mol. The second kappa shape index (κ2) is 13.4. The van der Waals surface area contributed by atoms with E-state index in [9.17, 15) is 28.9 Å². The minimum Gasteiger partial charge on any atom is -1.00 e. The van der Waals surface area contributed by atoms with Gasteiger partial charge < -0.3 is 30.9 Å². The summed E-state index contributed by atoms with van der Waals surface area (Å²) >= 11 is 0. The van der Waals surface area contributed by atoms with Crippen molar-refractivity contribution in [2.75, 3.05) is 18.7 Å². The van der Waals surface area contributed by atoms with Crippen LogP contribution in [0.15, 0.2) is 30.5 Å². The summed E-state index contributed by atoms with van der Waals surface area (Å²) in [7, 11) is -4.06. The van der Waals surface area contributed by atoms with Gasteiger partial charge in [-0.25, -0.2) is 19.3 Å². The van der Waals surface area contributed by atoms with Gasteiger partial charge in [-0.1, -0.05) is 0 Å². The van der Waals surface area contributed by atoms with Gasteiger partial charge in [0.15, 0.2) is 34.5 Å². The number of phosphoric ester groups is 1. The summed E-state index contributed by atoms with van der Waals surface area (Å²) in [4.78, 5) is 46.3. The summed E-state index contributed by atoms with van der Waals surface area (Å²) in [5, 5.41) is 20.0. The van der Waals surface area contributed by atoms with Crippen LogP contribution in [-0.2, 0) is 26.7 Å². The molecule has 1 amide bonds. The van der Waals surface area contributed by atoms with Gasteiger partial charge in [-0.3, -0.25) is 18.8 Å². The van der Waals surface area contributed by atoms with E-state index in [4.69, 9.17) is 18.5 Å². The summed E-state index contributed by atoms with van der Waals surface area (Å²) in [5.41, 5.74) is -2.05. The Balaban J connectivity index is 0.00000323. The van der Waals surface area contributed by atoms with Gasteiger partial charge in [-0.2, -0.15) is 0 Å². The molecule has 204 valence electrons. The molecule has 3 N–H and O–H groups in total. The van der Waals surface area contributed by atoms with Crippen LogP contribution >= 0.6 is 7.82 Å². The molecular formula is C23H24FN4Na2O9P. The number of phenolic OH excluding ortho intramolecular Hbond substituents is 2. The number of phenols is 2. The number of anilines is 1. The van der Waals surface area contributed by atoms with Gasteiger partial charge in [-0.15, -0.1) is 0 Å². The van der Waals surface area contributed by atoms with E-state index in [-0.39, 0.29) is 119 Å². The third-order valence-electron chi connectivity index (χ3n) is 5.36. The number of aromatic hydroxyl groups is 2. The number of fused-ring (bicyclic) bond motifs is 1. The summed E-state index contributed by atoms with van der Waals surface area (Å²) in [5.74, 6) is -3.20. The van der Waals surface area contributed by atoms with E-state index in [1.807, 2.05) is 0 Å². The van der Waals surface area contributed by atoms with Gasteiger partial charge in [-0.05, 0) is 43.6 Å². The number of carbonyl (C=O) groups is 1. The van der Waals surface area contributed by atoms with E-state index in [2.05, 4.69) is 19.5 Å². The van der Waals surface area contributed by atoms with Crippen LogP contribution in [0, 0.1) is 5.82 Å². The van der Waals surface area contributed by atoms with Gasteiger partial charge in [0.2, 0.25) is 5.75 Å². The molecule has 2 atom stereocenters. The van der Waals surface area contributed by atoms with E-state index in [0.29, 0.717) is 10.5 Å². The van der Waals surface area contributed by atoms with Crippen LogP contribution in [0.1, 0.15) is 42.1 Å². The summed E-state index contributed by atoms with van der Waals surface area (Å²) in [6, 6.07) is 5.27. The topological polar surface area (TPSA) is 187 Å². The van der Waals surface area contributed by atoms with Crippen LogP contribution in [0.3, 0.4) is 0 Å². The molecule has 0 fully saturated rings. The van der Waals surface area contributed by atoms with E-state index >= 15 is 0 Å². The third kappa shape index (κ3) is 7.91. The van der Waals surface area contributed by atoms with E-state index in [1.54, 1.807) is 0 Å². The third-order valence-corrected chi connectivity index (χ3v) is 5.80. The van der Waals surface area contributed by atoms with Gasteiger partial charge in [0.05, 0.1) is 19.0 Å².